The van der Waals surface area contributed by atoms with Crippen LogP contribution in [0.4, 0.5) is 0 Å². The van der Waals surface area contributed by atoms with Crippen molar-refractivity contribution in [3.8, 4) is 5.75 Å². The standard InChI is InChI=1S/C21H29BrN4O4/c1-2-3-4-5-15(19(23)28)17-18(27)16-12-14(22)13-24-20(16)26(21(17)29)7-6-25-8-10-30-11-9-25/h12-13,15,27H,2-11H2,1H3,(H2,23,28). The van der Waals surface area contributed by atoms with Crippen LogP contribution in [0.1, 0.15) is 44.1 Å². The zero-order valence-electron chi connectivity index (χ0n) is 17.3. The molecule has 164 valence electrons. The molecule has 1 aliphatic rings. The molecule has 1 saturated heterocycles. The molecular weight excluding hydrogens is 452 g/mol. The van der Waals surface area contributed by atoms with Gasteiger partial charge in [0.25, 0.3) is 5.56 Å². The lowest BCUT2D eigenvalue weighted by molar-refractivity contribution is -0.119. The van der Waals surface area contributed by atoms with Gasteiger partial charge in [-0.1, -0.05) is 26.2 Å². The molecule has 3 N–H and O–H groups in total. The second-order valence-electron chi connectivity index (χ2n) is 7.65. The number of ether oxygens (including phenoxy) is 1. The first-order valence-corrected chi connectivity index (χ1v) is 11.2. The predicted molar refractivity (Wildman–Crippen MR) is 119 cm³/mol. The summed E-state index contributed by atoms with van der Waals surface area (Å²) in [6.45, 7) is 6.06. The van der Waals surface area contributed by atoms with Crippen molar-refractivity contribution in [2.24, 2.45) is 5.73 Å². The number of primary amides is 1. The van der Waals surface area contributed by atoms with Crippen LogP contribution in [-0.2, 0) is 16.1 Å². The van der Waals surface area contributed by atoms with Crippen LogP contribution < -0.4 is 11.3 Å². The molecule has 0 aliphatic carbocycles. The Morgan fingerprint density at radius 3 is 2.73 bits per heavy atom. The minimum Gasteiger partial charge on any atom is -0.507 e. The highest BCUT2D eigenvalue weighted by Gasteiger charge is 2.28. The fraction of sp³-hybridized carbons (Fsp3) is 0.571. The first kappa shape index (κ1) is 22.7. The second kappa shape index (κ2) is 10.4. The number of amides is 1. The van der Waals surface area contributed by atoms with E-state index in [1.807, 2.05) is 0 Å². The quantitative estimate of drug-likeness (QED) is 0.532. The molecular formula is C21H29BrN4O4. The lowest BCUT2D eigenvalue weighted by atomic mass is 9.91. The van der Waals surface area contributed by atoms with Gasteiger partial charge in [-0.15, -0.1) is 0 Å². The molecule has 2 aromatic rings. The maximum absolute atomic E-state index is 13.4. The van der Waals surface area contributed by atoms with Gasteiger partial charge in [0.15, 0.2) is 0 Å². The van der Waals surface area contributed by atoms with Crippen LogP contribution in [0.3, 0.4) is 0 Å². The molecule has 0 radical (unpaired) electrons. The minimum absolute atomic E-state index is 0.0768. The van der Waals surface area contributed by atoms with Crippen LogP contribution in [0.5, 0.6) is 5.75 Å². The number of carbonyl (C=O) groups excluding carboxylic acids is 1. The smallest absolute Gasteiger partial charge is 0.259 e. The van der Waals surface area contributed by atoms with Crippen molar-refractivity contribution < 1.29 is 14.6 Å². The molecule has 0 bridgehead atoms. The molecule has 1 fully saturated rings. The van der Waals surface area contributed by atoms with Gasteiger partial charge >= 0.3 is 0 Å². The van der Waals surface area contributed by atoms with E-state index < -0.39 is 17.4 Å². The number of hydrogen-bond acceptors (Lipinski definition) is 6. The van der Waals surface area contributed by atoms with Crippen LogP contribution in [0.2, 0.25) is 0 Å². The summed E-state index contributed by atoms with van der Waals surface area (Å²) < 4.78 is 7.62. The molecule has 1 unspecified atom stereocenters. The third-order valence-corrected chi connectivity index (χ3v) is 6.04. The summed E-state index contributed by atoms with van der Waals surface area (Å²) in [4.78, 5) is 32.3. The Balaban J connectivity index is 2.07. The Bertz CT molecular complexity index is 956. The minimum atomic E-state index is -0.831. The fourth-order valence-corrected chi connectivity index (χ4v) is 4.26. The lowest BCUT2D eigenvalue weighted by Crippen LogP contribution is -2.40. The van der Waals surface area contributed by atoms with E-state index in [2.05, 4.69) is 32.7 Å². The molecule has 0 saturated carbocycles. The molecule has 1 atom stereocenters. The first-order valence-electron chi connectivity index (χ1n) is 10.4. The zero-order valence-corrected chi connectivity index (χ0v) is 18.9. The number of morpholine rings is 1. The van der Waals surface area contributed by atoms with Crippen molar-refractivity contribution in [2.75, 3.05) is 32.8 Å². The molecule has 3 heterocycles. The molecule has 8 nitrogen and oxygen atoms in total. The number of carbonyl (C=O) groups is 1. The molecule has 30 heavy (non-hydrogen) atoms. The summed E-state index contributed by atoms with van der Waals surface area (Å²) in [5, 5.41) is 11.4. The second-order valence-corrected chi connectivity index (χ2v) is 8.56. The molecule has 1 amide bonds. The van der Waals surface area contributed by atoms with Crippen molar-refractivity contribution in [1.29, 1.82) is 0 Å². The number of nitrogens with zero attached hydrogens (tertiary/aromatic N) is 3. The third-order valence-electron chi connectivity index (χ3n) is 5.61. The number of aromatic nitrogens is 2. The van der Waals surface area contributed by atoms with Gasteiger partial charge in [-0.2, -0.15) is 0 Å². The van der Waals surface area contributed by atoms with Gasteiger partial charge < -0.3 is 15.6 Å². The van der Waals surface area contributed by atoms with Gasteiger partial charge in [-0.05, 0) is 28.4 Å². The number of rotatable bonds is 9. The molecule has 9 heteroatoms. The number of aromatic hydroxyl groups is 1. The Labute approximate surface area is 184 Å². The van der Waals surface area contributed by atoms with Crippen molar-refractivity contribution in [2.45, 2.75) is 45.1 Å². The van der Waals surface area contributed by atoms with Crippen molar-refractivity contribution >= 4 is 32.9 Å². The van der Waals surface area contributed by atoms with Crippen LogP contribution in [-0.4, -0.2) is 58.3 Å². The Morgan fingerprint density at radius 2 is 2.07 bits per heavy atom. The van der Waals surface area contributed by atoms with E-state index in [1.165, 1.54) is 0 Å². The van der Waals surface area contributed by atoms with Crippen molar-refractivity contribution in [3.63, 3.8) is 0 Å². The van der Waals surface area contributed by atoms with E-state index >= 15 is 0 Å². The average molecular weight is 481 g/mol. The summed E-state index contributed by atoms with van der Waals surface area (Å²) in [6, 6.07) is 1.72. The summed E-state index contributed by atoms with van der Waals surface area (Å²) in [5.41, 5.74) is 5.73. The molecule has 1 aliphatic heterocycles. The lowest BCUT2D eigenvalue weighted by Gasteiger charge is -2.27. The number of halogens is 1. The van der Waals surface area contributed by atoms with Gasteiger partial charge in [-0.25, -0.2) is 4.98 Å². The number of pyridine rings is 2. The summed E-state index contributed by atoms with van der Waals surface area (Å²) in [6.07, 6.45) is 4.69. The monoisotopic (exact) mass is 480 g/mol. The Morgan fingerprint density at radius 1 is 1.33 bits per heavy atom. The number of hydrogen-bond donors (Lipinski definition) is 2. The van der Waals surface area contributed by atoms with Crippen molar-refractivity contribution in [1.82, 2.24) is 14.5 Å². The first-order chi connectivity index (χ1) is 14.4. The van der Waals surface area contributed by atoms with Crippen LogP contribution >= 0.6 is 15.9 Å². The topological polar surface area (TPSA) is 111 Å². The van der Waals surface area contributed by atoms with E-state index in [-0.39, 0.29) is 11.3 Å². The molecule has 0 spiro atoms. The van der Waals surface area contributed by atoms with Gasteiger partial charge in [-0.3, -0.25) is 19.1 Å². The SMILES string of the molecule is CCCCCC(C(N)=O)c1c(O)c2cc(Br)cnc2n(CCN2CCOCC2)c1=O. The highest BCUT2D eigenvalue weighted by atomic mass is 79.9. The Kier molecular flexibility index (Phi) is 7.85. The number of nitrogens with two attached hydrogens (primary N) is 1. The third kappa shape index (κ3) is 5.01. The largest absolute Gasteiger partial charge is 0.507 e. The van der Waals surface area contributed by atoms with Gasteiger partial charge in [0.05, 0.1) is 30.1 Å². The average Bonchev–Trinajstić information content (AvgIpc) is 2.73. The summed E-state index contributed by atoms with van der Waals surface area (Å²) in [7, 11) is 0. The van der Waals surface area contributed by atoms with Crippen molar-refractivity contribution in [3.05, 3.63) is 32.7 Å². The maximum Gasteiger partial charge on any atom is 0.259 e. The number of fused-ring (bicyclic) bond motifs is 1. The molecule has 3 rings (SSSR count). The number of unbranched alkanes of at least 4 members (excludes halogenated alkanes) is 2. The molecule has 2 aromatic heterocycles. The van der Waals surface area contributed by atoms with Gasteiger partial charge in [0, 0.05) is 36.8 Å². The van der Waals surface area contributed by atoms with E-state index in [0.717, 1.165) is 32.4 Å². The maximum atomic E-state index is 13.4. The van der Waals surface area contributed by atoms with Crippen LogP contribution in [0.25, 0.3) is 11.0 Å². The van der Waals surface area contributed by atoms with Gasteiger partial charge in [0.1, 0.15) is 11.4 Å². The Hall–Kier alpha value is -1.97. The van der Waals surface area contributed by atoms with E-state index in [4.69, 9.17) is 10.5 Å². The van der Waals surface area contributed by atoms with E-state index in [0.29, 0.717) is 48.2 Å². The van der Waals surface area contributed by atoms with Crippen LogP contribution in [0, 0.1) is 0 Å². The highest BCUT2D eigenvalue weighted by molar-refractivity contribution is 9.10. The normalized spacial score (nSPS) is 16.1. The zero-order chi connectivity index (χ0) is 21.7. The summed E-state index contributed by atoms with van der Waals surface area (Å²) in [5.74, 6) is -1.63. The molecule has 0 aromatic carbocycles. The van der Waals surface area contributed by atoms with Crippen LogP contribution in [0.15, 0.2) is 21.5 Å². The van der Waals surface area contributed by atoms with E-state index in [9.17, 15) is 14.7 Å². The summed E-state index contributed by atoms with van der Waals surface area (Å²) >= 11 is 3.38. The fourth-order valence-electron chi connectivity index (χ4n) is 3.92. The predicted octanol–water partition coefficient (Wildman–Crippen LogP) is 2.35. The van der Waals surface area contributed by atoms with E-state index in [1.54, 1.807) is 16.8 Å². The highest BCUT2D eigenvalue weighted by Crippen LogP contribution is 2.33. The van der Waals surface area contributed by atoms with Gasteiger partial charge in [0.2, 0.25) is 5.91 Å².